The van der Waals surface area contributed by atoms with Crippen molar-refractivity contribution < 1.29 is 4.79 Å². The molecule has 15 heavy (non-hydrogen) atoms. The molecule has 1 aromatic heterocycles. The van der Waals surface area contributed by atoms with Crippen LogP contribution in [0.25, 0.3) is 0 Å². The van der Waals surface area contributed by atoms with Crippen molar-refractivity contribution in [2.45, 2.75) is 25.8 Å². The molecule has 1 amide bonds. The molecule has 1 aromatic rings. The van der Waals surface area contributed by atoms with E-state index < -0.39 is 0 Å². The third-order valence-electron chi connectivity index (χ3n) is 2.76. The molecule has 1 heterocycles. The van der Waals surface area contributed by atoms with E-state index in [1.165, 1.54) is 0 Å². The average Bonchev–Trinajstić information content (AvgIpc) is 2.91. The topological polar surface area (TPSA) is 57.8 Å². The van der Waals surface area contributed by atoms with Gasteiger partial charge in [0.15, 0.2) is 0 Å². The van der Waals surface area contributed by atoms with Gasteiger partial charge in [0.1, 0.15) is 0 Å². The number of H-pyrrole nitrogens is 1. The smallest absolute Gasteiger partial charge is 0.224 e. The van der Waals surface area contributed by atoms with E-state index >= 15 is 0 Å². The Kier molecular flexibility index (Phi) is 2.85. The second-order valence-corrected chi connectivity index (χ2v) is 3.90. The molecule has 1 aliphatic carbocycles. The van der Waals surface area contributed by atoms with Crippen molar-refractivity contribution in [3.8, 4) is 0 Å². The van der Waals surface area contributed by atoms with Gasteiger partial charge in [-0.15, -0.1) is 0 Å². The van der Waals surface area contributed by atoms with Gasteiger partial charge in [-0.25, -0.2) is 0 Å². The van der Waals surface area contributed by atoms with Gasteiger partial charge in [-0.05, 0) is 19.8 Å². The third-order valence-corrected chi connectivity index (χ3v) is 2.76. The van der Waals surface area contributed by atoms with Crippen LogP contribution in [0.5, 0.6) is 0 Å². The minimum atomic E-state index is 0.0249. The summed E-state index contributed by atoms with van der Waals surface area (Å²) in [5, 5.41) is 9.58. The lowest BCUT2D eigenvalue weighted by atomic mass is 10.1. The largest absolute Gasteiger partial charge is 0.349 e. The molecule has 0 radical (unpaired) electrons. The van der Waals surface area contributed by atoms with Crippen molar-refractivity contribution in [1.82, 2.24) is 15.5 Å². The monoisotopic (exact) mass is 205 g/mol. The van der Waals surface area contributed by atoms with E-state index in [0.29, 0.717) is 0 Å². The quantitative estimate of drug-likeness (QED) is 0.735. The number of rotatable bonds is 3. The van der Waals surface area contributed by atoms with E-state index in [9.17, 15) is 4.79 Å². The van der Waals surface area contributed by atoms with Gasteiger partial charge in [0.05, 0.1) is 12.2 Å². The van der Waals surface area contributed by atoms with Gasteiger partial charge in [0, 0.05) is 17.7 Å². The SMILES string of the molecule is CC(NC(=O)C1CC=CC1)c1cn[nH]c1. The van der Waals surface area contributed by atoms with Crippen LogP contribution in [0.2, 0.25) is 0 Å². The molecule has 1 atom stereocenters. The Bertz CT molecular complexity index is 348. The first-order chi connectivity index (χ1) is 7.27. The molecule has 1 aliphatic rings. The Morgan fingerprint density at radius 1 is 1.60 bits per heavy atom. The van der Waals surface area contributed by atoms with Crippen LogP contribution < -0.4 is 5.32 Å². The molecule has 0 saturated carbocycles. The van der Waals surface area contributed by atoms with E-state index in [4.69, 9.17) is 0 Å². The zero-order chi connectivity index (χ0) is 10.7. The van der Waals surface area contributed by atoms with Gasteiger partial charge in [-0.1, -0.05) is 12.2 Å². The standard InChI is InChI=1S/C11H15N3O/c1-8(10-6-12-13-7-10)14-11(15)9-4-2-3-5-9/h2-3,6-9H,4-5H2,1H3,(H,12,13)(H,14,15). The third kappa shape index (κ3) is 2.26. The van der Waals surface area contributed by atoms with Gasteiger partial charge in [-0.2, -0.15) is 5.10 Å². The second-order valence-electron chi connectivity index (χ2n) is 3.90. The highest BCUT2D eigenvalue weighted by Gasteiger charge is 2.21. The molecule has 0 bridgehead atoms. The van der Waals surface area contributed by atoms with Crippen LogP contribution >= 0.6 is 0 Å². The molecule has 0 aliphatic heterocycles. The molecule has 2 N–H and O–H groups in total. The first kappa shape index (κ1) is 9.96. The number of carbonyl (C=O) groups is 1. The molecule has 80 valence electrons. The minimum Gasteiger partial charge on any atom is -0.349 e. The van der Waals surface area contributed by atoms with E-state index in [-0.39, 0.29) is 17.9 Å². The number of nitrogens with zero attached hydrogens (tertiary/aromatic N) is 1. The van der Waals surface area contributed by atoms with Gasteiger partial charge < -0.3 is 5.32 Å². The van der Waals surface area contributed by atoms with Crippen LogP contribution in [0.3, 0.4) is 0 Å². The Morgan fingerprint density at radius 2 is 2.33 bits per heavy atom. The Morgan fingerprint density at radius 3 is 2.93 bits per heavy atom. The fraction of sp³-hybridized carbons (Fsp3) is 0.455. The maximum Gasteiger partial charge on any atom is 0.224 e. The van der Waals surface area contributed by atoms with Crippen LogP contribution in [0.15, 0.2) is 24.5 Å². The van der Waals surface area contributed by atoms with Gasteiger partial charge in [-0.3, -0.25) is 9.89 Å². The van der Waals surface area contributed by atoms with Crippen molar-refractivity contribution in [3.05, 3.63) is 30.1 Å². The van der Waals surface area contributed by atoms with E-state index in [1.807, 2.05) is 6.92 Å². The predicted octanol–water partition coefficient (Wildman–Crippen LogP) is 1.55. The van der Waals surface area contributed by atoms with E-state index in [0.717, 1.165) is 18.4 Å². The number of carbonyl (C=O) groups excluding carboxylic acids is 1. The zero-order valence-corrected chi connectivity index (χ0v) is 8.73. The highest BCUT2D eigenvalue weighted by Crippen LogP contribution is 2.19. The summed E-state index contributed by atoms with van der Waals surface area (Å²) in [5.41, 5.74) is 1.01. The number of allylic oxidation sites excluding steroid dienone is 2. The maximum absolute atomic E-state index is 11.8. The zero-order valence-electron chi connectivity index (χ0n) is 8.73. The lowest BCUT2D eigenvalue weighted by Crippen LogP contribution is -2.31. The summed E-state index contributed by atoms with van der Waals surface area (Å²) in [5.74, 6) is 0.257. The lowest BCUT2D eigenvalue weighted by Gasteiger charge is -2.15. The maximum atomic E-state index is 11.8. The highest BCUT2D eigenvalue weighted by molar-refractivity contribution is 5.79. The second kappa shape index (κ2) is 4.29. The molecule has 0 saturated heterocycles. The lowest BCUT2D eigenvalue weighted by molar-refractivity contribution is -0.125. The molecule has 0 spiro atoms. The van der Waals surface area contributed by atoms with Crippen LogP contribution in [-0.4, -0.2) is 16.1 Å². The van der Waals surface area contributed by atoms with Crippen molar-refractivity contribution in [2.75, 3.05) is 0 Å². The first-order valence-electron chi connectivity index (χ1n) is 5.21. The normalized spacial score (nSPS) is 17.9. The minimum absolute atomic E-state index is 0.0249. The van der Waals surface area contributed by atoms with Gasteiger partial charge >= 0.3 is 0 Å². The molecular formula is C11H15N3O. The highest BCUT2D eigenvalue weighted by atomic mass is 16.1. The molecular weight excluding hydrogens is 190 g/mol. The fourth-order valence-corrected chi connectivity index (χ4v) is 1.74. The average molecular weight is 205 g/mol. The first-order valence-corrected chi connectivity index (χ1v) is 5.21. The Labute approximate surface area is 88.8 Å². The van der Waals surface area contributed by atoms with Gasteiger partial charge in [0.25, 0.3) is 0 Å². The van der Waals surface area contributed by atoms with Crippen LogP contribution in [-0.2, 0) is 4.79 Å². The number of hydrogen-bond donors (Lipinski definition) is 2. The summed E-state index contributed by atoms with van der Waals surface area (Å²) in [7, 11) is 0. The number of amides is 1. The van der Waals surface area contributed by atoms with Crippen LogP contribution in [0, 0.1) is 5.92 Å². The summed E-state index contributed by atoms with van der Waals surface area (Å²) in [6, 6.07) is 0.0249. The summed E-state index contributed by atoms with van der Waals surface area (Å²) in [6.07, 6.45) is 9.39. The van der Waals surface area contributed by atoms with Crippen LogP contribution in [0.1, 0.15) is 31.4 Å². The number of aromatic nitrogens is 2. The van der Waals surface area contributed by atoms with Crippen molar-refractivity contribution in [3.63, 3.8) is 0 Å². The Balaban J connectivity index is 1.89. The molecule has 0 aromatic carbocycles. The van der Waals surface area contributed by atoms with E-state index in [1.54, 1.807) is 12.4 Å². The Hall–Kier alpha value is -1.58. The number of aromatic amines is 1. The van der Waals surface area contributed by atoms with Crippen molar-refractivity contribution in [2.24, 2.45) is 5.92 Å². The van der Waals surface area contributed by atoms with Gasteiger partial charge in [0.2, 0.25) is 5.91 Å². The van der Waals surface area contributed by atoms with Crippen molar-refractivity contribution in [1.29, 1.82) is 0 Å². The van der Waals surface area contributed by atoms with E-state index in [2.05, 4.69) is 27.7 Å². The molecule has 0 fully saturated rings. The summed E-state index contributed by atoms with van der Waals surface area (Å²) in [4.78, 5) is 11.8. The number of hydrogen-bond acceptors (Lipinski definition) is 2. The molecule has 4 heteroatoms. The molecule has 2 rings (SSSR count). The number of nitrogens with one attached hydrogen (secondary N) is 2. The fourth-order valence-electron chi connectivity index (χ4n) is 1.74. The summed E-state index contributed by atoms with van der Waals surface area (Å²) < 4.78 is 0. The summed E-state index contributed by atoms with van der Waals surface area (Å²) in [6.45, 7) is 1.96. The predicted molar refractivity (Wildman–Crippen MR) is 57.0 cm³/mol. The molecule has 4 nitrogen and oxygen atoms in total. The van der Waals surface area contributed by atoms with Crippen LogP contribution in [0.4, 0.5) is 0 Å². The molecule has 1 unspecified atom stereocenters. The van der Waals surface area contributed by atoms with Crippen molar-refractivity contribution >= 4 is 5.91 Å². The summed E-state index contributed by atoms with van der Waals surface area (Å²) >= 11 is 0.